The monoisotopic (exact) mass is 315 g/mol. The number of sulfone groups is 1. The largest absolute Gasteiger partial charge is 0.312 e. The maximum Gasteiger partial charge on any atom is 0.150 e. The molecule has 0 spiro atoms. The molecule has 0 amide bonds. The summed E-state index contributed by atoms with van der Waals surface area (Å²) in [6, 6.07) is 0. The van der Waals surface area contributed by atoms with Gasteiger partial charge < -0.3 is 5.32 Å². The van der Waals surface area contributed by atoms with Gasteiger partial charge in [-0.1, -0.05) is 13.3 Å². The summed E-state index contributed by atoms with van der Waals surface area (Å²) >= 11 is 0. The molecule has 2 saturated carbocycles. The second kappa shape index (κ2) is 6.19. The SMILES string of the molecule is CCS(=O)(=O)CCCC1(CNC(C)(C)C)CC2CCC1C2. The summed E-state index contributed by atoms with van der Waals surface area (Å²) in [4.78, 5) is 0. The average molecular weight is 316 g/mol. The van der Waals surface area contributed by atoms with E-state index < -0.39 is 9.84 Å². The third kappa shape index (κ3) is 4.44. The van der Waals surface area contributed by atoms with E-state index in [4.69, 9.17) is 0 Å². The first kappa shape index (κ1) is 17.3. The maximum absolute atomic E-state index is 11.7. The summed E-state index contributed by atoms with van der Waals surface area (Å²) < 4.78 is 23.5. The maximum atomic E-state index is 11.7. The van der Waals surface area contributed by atoms with Gasteiger partial charge in [0.25, 0.3) is 0 Å². The van der Waals surface area contributed by atoms with Gasteiger partial charge in [0.2, 0.25) is 0 Å². The topological polar surface area (TPSA) is 46.2 Å². The first-order valence-electron chi connectivity index (χ1n) is 8.61. The molecule has 2 bridgehead atoms. The zero-order chi connectivity index (χ0) is 15.7. The van der Waals surface area contributed by atoms with E-state index in [9.17, 15) is 8.42 Å². The molecule has 1 N–H and O–H groups in total. The Hall–Kier alpha value is -0.0900. The molecule has 0 aliphatic heterocycles. The molecule has 0 radical (unpaired) electrons. The third-order valence-corrected chi connectivity index (χ3v) is 7.43. The molecule has 2 fully saturated rings. The van der Waals surface area contributed by atoms with E-state index in [1.165, 1.54) is 25.7 Å². The highest BCUT2D eigenvalue weighted by Crippen LogP contribution is 2.57. The van der Waals surface area contributed by atoms with Crippen molar-refractivity contribution in [1.29, 1.82) is 0 Å². The zero-order valence-electron chi connectivity index (χ0n) is 14.2. The highest BCUT2D eigenvalue weighted by atomic mass is 32.2. The fourth-order valence-electron chi connectivity index (χ4n) is 4.40. The molecule has 3 unspecified atom stereocenters. The van der Waals surface area contributed by atoms with Crippen LogP contribution in [0.15, 0.2) is 0 Å². The Balaban J connectivity index is 1.97. The lowest BCUT2D eigenvalue weighted by Gasteiger charge is -2.40. The molecule has 0 aromatic rings. The summed E-state index contributed by atoms with van der Waals surface area (Å²) in [6.07, 6.45) is 7.37. The van der Waals surface area contributed by atoms with Crippen molar-refractivity contribution >= 4 is 9.84 Å². The summed E-state index contributed by atoms with van der Waals surface area (Å²) in [5.74, 6) is 2.38. The Morgan fingerprint density at radius 1 is 1.24 bits per heavy atom. The number of hydrogen-bond acceptors (Lipinski definition) is 3. The Labute approximate surface area is 131 Å². The number of rotatable bonds is 7. The summed E-state index contributed by atoms with van der Waals surface area (Å²) in [7, 11) is -2.81. The van der Waals surface area contributed by atoms with Crippen LogP contribution in [-0.4, -0.2) is 32.0 Å². The van der Waals surface area contributed by atoms with Crippen LogP contribution >= 0.6 is 0 Å². The van der Waals surface area contributed by atoms with Gasteiger partial charge in [-0.25, -0.2) is 8.42 Å². The van der Waals surface area contributed by atoms with Crippen LogP contribution in [0, 0.1) is 17.3 Å². The molecule has 2 aliphatic carbocycles. The minimum Gasteiger partial charge on any atom is -0.312 e. The zero-order valence-corrected chi connectivity index (χ0v) is 15.1. The van der Waals surface area contributed by atoms with Crippen molar-refractivity contribution in [2.24, 2.45) is 17.3 Å². The number of fused-ring (bicyclic) bond motifs is 2. The molecule has 124 valence electrons. The Kier molecular flexibility index (Phi) is 5.09. The molecule has 4 heteroatoms. The predicted octanol–water partition coefficient (Wildman–Crippen LogP) is 3.40. The van der Waals surface area contributed by atoms with Crippen LogP contribution in [0.2, 0.25) is 0 Å². The lowest BCUT2D eigenvalue weighted by atomic mass is 9.70. The van der Waals surface area contributed by atoms with Gasteiger partial charge in [0.05, 0.1) is 5.75 Å². The molecule has 3 nitrogen and oxygen atoms in total. The van der Waals surface area contributed by atoms with Gasteiger partial charge in [0, 0.05) is 17.8 Å². The highest BCUT2D eigenvalue weighted by molar-refractivity contribution is 7.91. The van der Waals surface area contributed by atoms with Gasteiger partial charge in [0.15, 0.2) is 0 Å². The Bertz CT molecular complexity index is 452. The minimum absolute atomic E-state index is 0.143. The van der Waals surface area contributed by atoms with Crippen LogP contribution in [0.25, 0.3) is 0 Å². The van der Waals surface area contributed by atoms with E-state index >= 15 is 0 Å². The van der Waals surface area contributed by atoms with Gasteiger partial charge in [-0.2, -0.15) is 0 Å². The van der Waals surface area contributed by atoms with E-state index in [1.807, 2.05) is 0 Å². The van der Waals surface area contributed by atoms with Crippen LogP contribution in [0.1, 0.15) is 66.2 Å². The van der Waals surface area contributed by atoms with Crippen molar-refractivity contribution in [1.82, 2.24) is 5.32 Å². The molecule has 21 heavy (non-hydrogen) atoms. The van der Waals surface area contributed by atoms with Gasteiger partial charge >= 0.3 is 0 Å². The first-order chi connectivity index (χ1) is 9.66. The molecule has 0 heterocycles. The third-order valence-electron chi connectivity index (χ3n) is 5.64. The lowest BCUT2D eigenvalue weighted by Crippen LogP contribution is -2.46. The van der Waals surface area contributed by atoms with Crippen molar-refractivity contribution in [3.63, 3.8) is 0 Å². The Morgan fingerprint density at radius 2 is 1.95 bits per heavy atom. The summed E-state index contributed by atoms with van der Waals surface area (Å²) in [5, 5.41) is 3.70. The quantitative estimate of drug-likeness (QED) is 0.783. The fraction of sp³-hybridized carbons (Fsp3) is 1.00. The molecule has 2 rings (SSSR count). The van der Waals surface area contributed by atoms with Crippen LogP contribution < -0.4 is 5.32 Å². The highest BCUT2D eigenvalue weighted by Gasteiger charge is 2.50. The van der Waals surface area contributed by atoms with E-state index in [0.717, 1.165) is 31.2 Å². The van der Waals surface area contributed by atoms with Gasteiger partial charge in [0.1, 0.15) is 9.84 Å². The number of hydrogen-bond donors (Lipinski definition) is 1. The van der Waals surface area contributed by atoms with Gasteiger partial charge in [-0.3, -0.25) is 0 Å². The van der Waals surface area contributed by atoms with Crippen molar-refractivity contribution in [2.45, 2.75) is 71.8 Å². The first-order valence-corrected chi connectivity index (χ1v) is 10.4. The summed E-state index contributed by atoms with van der Waals surface area (Å²) in [5.41, 5.74) is 0.504. The van der Waals surface area contributed by atoms with Crippen LogP contribution in [0.5, 0.6) is 0 Å². The summed E-state index contributed by atoms with van der Waals surface area (Å²) in [6.45, 7) is 9.47. The lowest BCUT2D eigenvalue weighted by molar-refractivity contribution is 0.129. The van der Waals surface area contributed by atoms with E-state index in [2.05, 4.69) is 26.1 Å². The van der Waals surface area contributed by atoms with Crippen molar-refractivity contribution in [2.75, 3.05) is 18.1 Å². The van der Waals surface area contributed by atoms with E-state index in [1.54, 1.807) is 6.92 Å². The van der Waals surface area contributed by atoms with E-state index in [-0.39, 0.29) is 11.3 Å². The average Bonchev–Trinajstić information content (AvgIpc) is 2.96. The molecule has 0 saturated heterocycles. The van der Waals surface area contributed by atoms with Crippen LogP contribution in [0.4, 0.5) is 0 Å². The van der Waals surface area contributed by atoms with Crippen molar-refractivity contribution in [3.8, 4) is 0 Å². The smallest absolute Gasteiger partial charge is 0.150 e. The molecular formula is C17H33NO2S. The normalized spacial score (nSPS) is 32.8. The van der Waals surface area contributed by atoms with E-state index in [0.29, 0.717) is 11.2 Å². The van der Waals surface area contributed by atoms with Gasteiger partial charge in [-0.15, -0.1) is 0 Å². The second-order valence-electron chi connectivity index (χ2n) is 8.39. The fourth-order valence-corrected chi connectivity index (χ4v) is 5.27. The molecule has 2 aliphatic rings. The van der Waals surface area contributed by atoms with Crippen LogP contribution in [-0.2, 0) is 9.84 Å². The number of nitrogens with one attached hydrogen (secondary N) is 1. The minimum atomic E-state index is -2.81. The molecular weight excluding hydrogens is 282 g/mol. The second-order valence-corrected chi connectivity index (χ2v) is 10.9. The standard InChI is InChI=1S/C17H33NO2S/c1-5-21(19,20)10-6-9-17(13-18-16(2,3)4)12-14-7-8-15(17)11-14/h14-15,18H,5-13H2,1-4H3. The van der Waals surface area contributed by atoms with Gasteiger partial charge in [-0.05, 0) is 70.1 Å². The molecule has 0 aromatic heterocycles. The molecule has 0 aromatic carbocycles. The van der Waals surface area contributed by atoms with Crippen molar-refractivity contribution < 1.29 is 8.42 Å². The Morgan fingerprint density at radius 3 is 2.43 bits per heavy atom. The predicted molar refractivity (Wildman–Crippen MR) is 89.2 cm³/mol. The van der Waals surface area contributed by atoms with Crippen LogP contribution in [0.3, 0.4) is 0 Å². The molecule has 3 atom stereocenters. The van der Waals surface area contributed by atoms with Crippen molar-refractivity contribution in [3.05, 3.63) is 0 Å².